The van der Waals surface area contributed by atoms with E-state index in [1.807, 2.05) is 25.1 Å². The molecule has 0 atom stereocenters. The predicted octanol–water partition coefficient (Wildman–Crippen LogP) is 3.64. The molecule has 2 heterocycles. The molecule has 0 saturated carbocycles. The molecule has 1 aromatic carbocycles. The molecule has 3 rings (SSSR count). The molecule has 3 aromatic rings. The molecule has 0 bridgehead atoms. The first-order valence-corrected chi connectivity index (χ1v) is 10.2. The van der Waals surface area contributed by atoms with Gasteiger partial charge in [-0.05, 0) is 23.9 Å². The van der Waals surface area contributed by atoms with Crippen LogP contribution in [0.15, 0.2) is 51.7 Å². The van der Waals surface area contributed by atoms with E-state index in [-0.39, 0.29) is 17.4 Å². The van der Waals surface area contributed by atoms with Gasteiger partial charge in [0.15, 0.2) is 16.7 Å². The van der Waals surface area contributed by atoms with Gasteiger partial charge in [-0.25, -0.2) is 4.98 Å². The molecule has 0 fully saturated rings. The zero-order valence-corrected chi connectivity index (χ0v) is 16.9. The van der Waals surface area contributed by atoms with Crippen LogP contribution in [0.3, 0.4) is 0 Å². The SMILES string of the molecule is CC(=O)Nc1nc(SCc2cccc(C)c2)[nH]c(=O)c1NC(=O)c1cccs1. The van der Waals surface area contributed by atoms with Crippen molar-refractivity contribution in [2.75, 3.05) is 10.6 Å². The van der Waals surface area contributed by atoms with Crippen molar-refractivity contribution < 1.29 is 9.59 Å². The first-order valence-electron chi connectivity index (χ1n) is 8.37. The second kappa shape index (κ2) is 8.85. The first-order chi connectivity index (χ1) is 13.4. The molecule has 144 valence electrons. The summed E-state index contributed by atoms with van der Waals surface area (Å²) in [4.78, 5) is 43.8. The second-order valence-corrected chi connectivity index (χ2v) is 7.90. The first kappa shape index (κ1) is 19.8. The van der Waals surface area contributed by atoms with Gasteiger partial charge in [0, 0.05) is 12.7 Å². The molecule has 0 aliphatic heterocycles. The minimum atomic E-state index is -0.532. The fourth-order valence-corrected chi connectivity index (χ4v) is 3.85. The molecule has 0 saturated heterocycles. The van der Waals surface area contributed by atoms with Crippen LogP contribution in [0.25, 0.3) is 0 Å². The summed E-state index contributed by atoms with van der Waals surface area (Å²) in [5.74, 6) is -0.202. The van der Waals surface area contributed by atoms with Crippen molar-refractivity contribution in [3.05, 3.63) is 68.1 Å². The van der Waals surface area contributed by atoms with Crippen molar-refractivity contribution in [2.45, 2.75) is 24.8 Å². The Morgan fingerprint density at radius 3 is 2.71 bits per heavy atom. The van der Waals surface area contributed by atoms with Crippen LogP contribution < -0.4 is 16.2 Å². The van der Waals surface area contributed by atoms with Gasteiger partial charge in [-0.3, -0.25) is 19.4 Å². The maximum absolute atomic E-state index is 12.5. The minimum Gasteiger partial charge on any atom is -0.314 e. The van der Waals surface area contributed by atoms with Gasteiger partial charge in [0.05, 0.1) is 4.88 Å². The van der Waals surface area contributed by atoms with Crippen LogP contribution in [-0.2, 0) is 10.5 Å². The van der Waals surface area contributed by atoms with Crippen molar-refractivity contribution in [1.29, 1.82) is 0 Å². The number of carbonyl (C=O) groups excluding carboxylic acids is 2. The van der Waals surface area contributed by atoms with E-state index in [1.165, 1.54) is 30.0 Å². The molecule has 28 heavy (non-hydrogen) atoms. The van der Waals surface area contributed by atoms with Gasteiger partial charge < -0.3 is 10.6 Å². The number of benzene rings is 1. The number of nitrogens with one attached hydrogen (secondary N) is 3. The Labute approximate surface area is 169 Å². The molecule has 2 aromatic heterocycles. The highest BCUT2D eigenvalue weighted by atomic mass is 32.2. The number of nitrogens with zero attached hydrogens (tertiary/aromatic N) is 1. The number of hydrogen-bond acceptors (Lipinski definition) is 6. The Hall–Kier alpha value is -2.91. The lowest BCUT2D eigenvalue weighted by Crippen LogP contribution is -2.24. The highest BCUT2D eigenvalue weighted by molar-refractivity contribution is 7.98. The third-order valence-electron chi connectivity index (χ3n) is 3.63. The summed E-state index contributed by atoms with van der Waals surface area (Å²) in [6.45, 7) is 3.32. The quantitative estimate of drug-likeness (QED) is 0.422. The Morgan fingerprint density at radius 1 is 1.21 bits per heavy atom. The fourth-order valence-electron chi connectivity index (χ4n) is 2.43. The van der Waals surface area contributed by atoms with Crippen LogP contribution in [0.4, 0.5) is 11.5 Å². The summed E-state index contributed by atoms with van der Waals surface area (Å²) >= 11 is 2.58. The topological polar surface area (TPSA) is 104 Å². The molecular weight excluding hydrogens is 396 g/mol. The van der Waals surface area contributed by atoms with E-state index in [2.05, 4.69) is 26.7 Å². The van der Waals surface area contributed by atoms with Crippen LogP contribution in [0.2, 0.25) is 0 Å². The summed E-state index contributed by atoms with van der Waals surface area (Å²) in [5, 5.41) is 7.17. The molecule has 0 aliphatic rings. The molecular formula is C19H18N4O3S2. The largest absolute Gasteiger partial charge is 0.314 e. The van der Waals surface area contributed by atoms with Gasteiger partial charge in [-0.2, -0.15) is 0 Å². The fraction of sp³-hybridized carbons (Fsp3) is 0.158. The van der Waals surface area contributed by atoms with Gasteiger partial charge >= 0.3 is 0 Å². The molecule has 0 radical (unpaired) electrons. The molecule has 7 nitrogen and oxygen atoms in total. The van der Waals surface area contributed by atoms with Crippen LogP contribution in [0, 0.1) is 6.92 Å². The van der Waals surface area contributed by atoms with Crippen LogP contribution in [-0.4, -0.2) is 21.8 Å². The van der Waals surface area contributed by atoms with Crippen molar-refractivity contribution in [2.24, 2.45) is 0 Å². The van der Waals surface area contributed by atoms with E-state index in [0.717, 1.165) is 11.1 Å². The number of carbonyl (C=O) groups is 2. The van der Waals surface area contributed by atoms with Crippen molar-refractivity contribution in [1.82, 2.24) is 9.97 Å². The number of anilines is 2. The number of amides is 2. The van der Waals surface area contributed by atoms with Gasteiger partial charge in [0.25, 0.3) is 11.5 Å². The predicted molar refractivity (Wildman–Crippen MR) is 112 cm³/mol. The maximum Gasteiger partial charge on any atom is 0.277 e. The van der Waals surface area contributed by atoms with E-state index in [0.29, 0.717) is 15.8 Å². The van der Waals surface area contributed by atoms with E-state index in [9.17, 15) is 14.4 Å². The average molecular weight is 415 g/mol. The molecule has 2 amide bonds. The number of aryl methyl sites for hydroxylation is 1. The lowest BCUT2D eigenvalue weighted by molar-refractivity contribution is -0.114. The maximum atomic E-state index is 12.5. The third-order valence-corrected chi connectivity index (χ3v) is 5.45. The summed E-state index contributed by atoms with van der Waals surface area (Å²) in [5.41, 5.74) is 1.61. The molecule has 0 aliphatic carbocycles. The standard InChI is InChI=1S/C19H18N4O3S2/c1-11-5-3-6-13(9-11)10-28-19-22-16(20-12(2)24)15(18(26)23-19)21-17(25)14-7-4-8-27-14/h3-9H,10H2,1-2H3,(H,21,25)(H2,20,22,23,24,26). The number of aromatic amines is 1. The zero-order chi connectivity index (χ0) is 20.1. The summed E-state index contributed by atoms with van der Waals surface area (Å²) in [7, 11) is 0. The summed E-state index contributed by atoms with van der Waals surface area (Å²) in [6.07, 6.45) is 0. The second-order valence-electron chi connectivity index (χ2n) is 5.99. The number of rotatable bonds is 6. The summed E-state index contributed by atoms with van der Waals surface area (Å²) < 4.78 is 0. The lowest BCUT2D eigenvalue weighted by Gasteiger charge is -2.11. The number of hydrogen-bond donors (Lipinski definition) is 3. The molecule has 9 heteroatoms. The molecule has 0 unspecified atom stereocenters. The number of thiophene rings is 1. The van der Waals surface area contributed by atoms with Crippen molar-refractivity contribution in [3.8, 4) is 0 Å². The Kier molecular flexibility index (Phi) is 6.27. The Morgan fingerprint density at radius 2 is 2.04 bits per heavy atom. The van der Waals surface area contributed by atoms with Crippen LogP contribution in [0.5, 0.6) is 0 Å². The van der Waals surface area contributed by atoms with Gasteiger partial charge in [-0.15, -0.1) is 11.3 Å². The number of aromatic nitrogens is 2. The highest BCUT2D eigenvalue weighted by Gasteiger charge is 2.17. The third kappa shape index (κ3) is 5.08. The number of H-pyrrole nitrogens is 1. The minimum absolute atomic E-state index is 0.0212. The van der Waals surface area contributed by atoms with Crippen LogP contribution >= 0.6 is 23.1 Å². The summed E-state index contributed by atoms with van der Waals surface area (Å²) in [6, 6.07) is 11.4. The van der Waals surface area contributed by atoms with Crippen LogP contribution in [0.1, 0.15) is 27.7 Å². The van der Waals surface area contributed by atoms with Gasteiger partial charge in [0.1, 0.15) is 0 Å². The van der Waals surface area contributed by atoms with Crippen molar-refractivity contribution in [3.63, 3.8) is 0 Å². The Bertz CT molecular complexity index is 1060. The smallest absolute Gasteiger partial charge is 0.277 e. The van der Waals surface area contributed by atoms with Gasteiger partial charge in [0.2, 0.25) is 5.91 Å². The van der Waals surface area contributed by atoms with Crippen molar-refractivity contribution >= 4 is 46.4 Å². The molecule has 3 N–H and O–H groups in total. The van der Waals surface area contributed by atoms with E-state index in [4.69, 9.17) is 0 Å². The monoisotopic (exact) mass is 414 g/mol. The van der Waals surface area contributed by atoms with E-state index >= 15 is 0 Å². The van der Waals surface area contributed by atoms with E-state index < -0.39 is 11.5 Å². The molecule has 0 spiro atoms. The average Bonchev–Trinajstić information content (AvgIpc) is 3.17. The zero-order valence-electron chi connectivity index (χ0n) is 15.2. The highest BCUT2D eigenvalue weighted by Crippen LogP contribution is 2.23. The lowest BCUT2D eigenvalue weighted by atomic mass is 10.2. The Balaban J connectivity index is 1.85. The normalized spacial score (nSPS) is 10.5. The number of thioether (sulfide) groups is 1. The van der Waals surface area contributed by atoms with E-state index in [1.54, 1.807) is 17.5 Å². The van der Waals surface area contributed by atoms with Gasteiger partial charge in [-0.1, -0.05) is 47.7 Å².